The van der Waals surface area contributed by atoms with Crippen molar-refractivity contribution >= 4 is 24.0 Å². The Hall–Kier alpha value is -1.96. The maximum absolute atomic E-state index is 13.6. The Morgan fingerprint density at radius 2 is 2.23 bits per heavy atom. The number of halogens is 2. The zero-order valence-corrected chi connectivity index (χ0v) is 12.8. The minimum atomic E-state index is -0.388. The van der Waals surface area contributed by atoms with Gasteiger partial charge in [-0.25, -0.2) is 9.07 Å². The SMILES string of the molecule is COC(CN)CC(=O)Nc1cnn(-c2ccccc2F)c1.Cl. The number of carbonyl (C=O) groups excluding carboxylic acids is 1. The molecule has 0 spiro atoms. The first kappa shape index (κ1) is 18.1. The lowest BCUT2D eigenvalue weighted by Crippen LogP contribution is -2.28. The third-order valence-electron chi connectivity index (χ3n) is 2.97. The van der Waals surface area contributed by atoms with Crippen LogP contribution in [0.2, 0.25) is 0 Å². The van der Waals surface area contributed by atoms with Gasteiger partial charge in [0.25, 0.3) is 0 Å². The largest absolute Gasteiger partial charge is 0.380 e. The molecular formula is C14H18ClFN4O2. The smallest absolute Gasteiger partial charge is 0.227 e. The average molecular weight is 329 g/mol. The molecule has 3 N–H and O–H groups in total. The third kappa shape index (κ3) is 4.52. The lowest BCUT2D eigenvalue weighted by molar-refractivity contribution is -0.118. The molecule has 2 aromatic rings. The summed E-state index contributed by atoms with van der Waals surface area (Å²) < 4.78 is 20.0. The van der Waals surface area contributed by atoms with Crippen LogP contribution in [0.5, 0.6) is 0 Å². The number of amides is 1. The Morgan fingerprint density at radius 1 is 1.50 bits per heavy atom. The van der Waals surface area contributed by atoms with Gasteiger partial charge in [-0.05, 0) is 12.1 Å². The molecule has 0 bridgehead atoms. The van der Waals surface area contributed by atoms with Gasteiger partial charge in [0.15, 0.2) is 0 Å². The highest BCUT2D eigenvalue weighted by Gasteiger charge is 2.13. The second-order valence-corrected chi connectivity index (χ2v) is 4.47. The summed E-state index contributed by atoms with van der Waals surface area (Å²) in [5.74, 6) is -0.624. The van der Waals surface area contributed by atoms with E-state index < -0.39 is 0 Å². The number of anilines is 1. The van der Waals surface area contributed by atoms with Gasteiger partial charge in [-0.2, -0.15) is 5.10 Å². The molecule has 0 radical (unpaired) electrons. The highest BCUT2D eigenvalue weighted by molar-refractivity contribution is 5.90. The summed E-state index contributed by atoms with van der Waals surface area (Å²) in [7, 11) is 1.50. The second-order valence-electron chi connectivity index (χ2n) is 4.47. The Labute approximate surface area is 133 Å². The Balaban J connectivity index is 0.00000242. The van der Waals surface area contributed by atoms with Crippen molar-refractivity contribution < 1.29 is 13.9 Å². The fourth-order valence-corrected chi connectivity index (χ4v) is 1.84. The van der Waals surface area contributed by atoms with E-state index in [1.807, 2.05) is 0 Å². The zero-order valence-electron chi connectivity index (χ0n) is 12.0. The Morgan fingerprint density at radius 3 is 2.86 bits per heavy atom. The molecule has 1 unspecified atom stereocenters. The molecular weight excluding hydrogens is 311 g/mol. The molecule has 6 nitrogen and oxygen atoms in total. The number of nitrogens with one attached hydrogen (secondary N) is 1. The Bertz CT molecular complexity index is 616. The molecule has 1 aromatic heterocycles. The number of methoxy groups -OCH3 is 1. The monoisotopic (exact) mass is 328 g/mol. The van der Waals surface area contributed by atoms with Gasteiger partial charge in [-0.3, -0.25) is 4.79 Å². The van der Waals surface area contributed by atoms with E-state index in [2.05, 4.69) is 10.4 Å². The molecule has 0 aliphatic carbocycles. The highest BCUT2D eigenvalue weighted by Crippen LogP contribution is 2.15. The van der Waals surface area contributed by atoms with Crippen LogP contribution < -0.4 is 11.1 Å². The molecule has 120 valence electrons. The quantitative estimate of drug-likeness (QED) is 0.846. The van der Waals surface area contributed by atoms with Crippen LogP contribution in [0.4, 0.5) is 10.1 Å². The molecule has 0 fully saturated rings. The molecule has 22 heavy (non-hydrogen) atoms. The van der Waals surface area contributed by atoms with Crippen molar-refractivity contribution in [1.82, 2.24) is 9.78 Å². The van der Waals surface area contributed by atoms with Crippen LogP contribution in [-0.2, 0) is 9.53 Å². The van der Waals surface area contributed by atoms with E-state index in [4.69, 9.17) is 10.5 Å². The highest BCUT2D eigenvalue weighted by atomic mass is 35.5. The predicted octanol–water partition coefficient (Wildman–Crippen LogP) is 1.74. The number of para-hydroxylation sites is 1. The van der Waals surface area contributed by atoms with Crippen molar-refractivity contribution in [3.05, 3.63) is 42.5 Å². The minimum Gasteiger partial charge on any atom is -0.380 e. The number of rotatable bonds is 6. The van der Waals surface area contributed by atoms with E-state index in [0.29, 0.717) is 11.4 Å². The molecule has 1 amide bonds. The second kappa shape index (κ2) is 8.47. The molecule has 2 rings (SSSR count). The van der Waals surface area contributed by atoms with Gasteiger partial charge in [0.05, 0.1) is 30.6 Å². The average Bonchev–Trinajstić information content (AvgIpc) is 2.93. The van der Waals surface area contributed by atoms with Gasteiger partial charge in [0, 0.05) is 13.7 Å². The Kier molecular flexibility index (Phi) is 6.97. The van der Waals surface area contributed by atoms with E-state index in [1.54, 1.807) is 24.4 Å². The number of ether oxygens (including phenoxy) is 1. The summed E-state index contributed by atoms with van der Waals surface area (Å²) in [5.41, 5.74) is 6.25. The van der Waals surface area contributed by atoms with Crippen molar-refractivity contribution in [3.8, 4) is 5.69 Å². The molecule has 1 heterocycles. The first-order valence-electron chi connectivity index (χ1n) is 6.46. The van der Waals surface area contributed by atoms with Gasteiger partial charge in [0.2, 0.25) is 5.91 Å². The number of hydrogen-bond donors (Lipinski definition) is 2. The van der Waals surface area contributed by atoms with Gasteiger partial charge in [0.1, 0.15) is 11.5 Å². The topological polar surface area (TPSA) is 82.2 Å². The van der Waals surface area contributed by atoms with Crippen molar-refractivity contribution in [2.24, 2.45) is 5.73 Å². The van der Waals surface area contributed by atoms with E-state index in [9.17, 15) is 9.18 Å². The fraction of sp³-hybridized carbons (Fsp3) is 0.286. The number of nitrogens with zero attached hydrogens (tertiary/aromatic N) is 2. The van der Waals surface area contributed by atoms with E-state index in [-0.39, 0.29) is 43.2 Å². The van der Waals surface area contributed by atoms with Crippen molar-refractivity contribution in [1.29, 1.82) is 0 Å². The first-order valence-corrected chi connectivity index (χ1v) is 6.46. The van der Waals surface area contributed by atoms with Gasteiger partial charge >= 0.3 is 0 Å². The van der Waals surface area contributed by atoms with Crippen LogP contribution >= 0.6 is 12.4 Å². The maximum Gasteiger partial charge on any atom is 0.227 e. The van der Waals surface area contributed by atoms with Crippen molar-refractivity contribution in [2.45, 2.75) is 12.5 Å². The van der Waals surface area contributed by atoms with Gasteiger partial charge in [-0.1, -0.05) is 12.1 Å². The number of aromatic nitrogens is 2. The number of benzene rings is 1. The van der Waals surface area contributed by atoms with Crippen LogP contribution in [0, 0.1) is 5.82 Å². The molecule has 0 aliphatic heterocycles. The number of carbonyl (C=O) groups is 1. The van der Waals surface area contributed by atoms with Crippen LogP contribution in [-0.4, -0.2) is 35.4 Å². The molecule has 1 aromatic carbocycles. The predicted molar refractivity (Wildman–Crippen MR) is 83.9 cm³/mol. The lowest BCUT2D eigenvalue weighted by Gasteiger charge is -2.11. The van der Waals surface area contributed by atoms with Crippen molar-refractivity contribution in [2.75, 3.05) is 19.0 Å². The first-order chi connectivity index (χ1) is 10.1. The minimum absolute atomic E-state index is 0. The summed E-state index contributed by atoms with van der Waals surface area (Å²) in [4.78, 5) is 11.8. The number of nitrogens with two attached hydrogens (primary N) is 1. The summed E-state index contributed by atoms with van der Waals surface area (Å²) in [6, 6.07) is 6.26. The van der Waals surface area contributed by atoms with Gasteiger partial charge < -0.3 is 15.8 Å². The van der Waals surface area contributed by atoms with Crippen LogP contribution in [0.25, 0.3) is 5.69 Å². The summed E-state index contributed by atoms with van der Waals surface area (Å²) in [6.45, 7) is 0.262. The summed E-state index contributed by atoms with van der Waals surface area (Å²) in [5, 5.41) is 6.70. The third-order valence-corrected chi connectivity index (χ3v) is 2.97. The fourth-order valence-electron chi connectivity index (χ4n) is 1.84. The molecule has 0 aliphatic rings. The van der Waals surface area contributed by atoms with Crippen molar-refractivity contribution in [3.63, 3.8) is 0 Å². The molecule has 0 saturated carbocycles. The molecule has 0 saturated heterocycles. The lowest BCUT2D eigenvalue weighted by atomic mass is 10.2. The van der Waals surface area contributed by atoms with Crippen LogP contribution in [0.3, 0.4) is 0 Å². The maximum atomic E-state index is 13.6. The van der Waals surface area contributed by atoms with Gasteiger partial charge in [-0.15, -0.1) is 12.4 Å². The standard InChI is InChI=1S/C14H17FN4O2.ClH/c1-21-11(7-16)6-14(20)18-10-8-17-19(9-10)13-5-3-2-4-12(13)15;/h2-5,8-9,11H,6-7,16H2,1H3,(H,18,20);1H. The number of hydrogen-bond acceptors (Lipinski definition) is 4. The molecule has 1 atom stereocenters. The normalized spacial score (nSPS) is 11.6. The summed E-state index contributed by atoms with van der Waals surface area (Å²) in [6.07, 6.45) is 2.82. The van der Waals surface area contributed by atoms with Crippen LogP contribution in [0.1, 0.15) is 6.42 Å². The van der Waals surface area contributed by atoms with Crippen LogP contribution in [0.15, 0.2) is 36.7 Å². The molecule has 8 heteroatoms. The van der Waals surface area contributed by atoms with E-state index in [1.165, 1.54) is 24.1 Å². The van der Waals surface area contributed by atoms with E-state index in [0.717, 1.165) is 0 Å². The summed E-state index contributed by atoms with van der Waals surface area (Å²) >= 11 is 0. The van der Waals surface area contributed by atoms with E-state index >= 15 is 0 Å². The zero-order chi connectivity index (χ0) is 15.2.